The molecule has 0 fully saturated rings. The first-order chi connectivity index (χ1) is 12.8. The average molecular weight is 370 g/mol. The zero-order chi connectivity index (χ0) is 20.0. The van der Waals surface area contributed by atoms with Crippen molar-refractivity contribution in [2.24, 2.45) is 5.92 Å². The number of carbonyl (C=O) groups is 1. The minimum absolute atomic E-state index is 0.198. The van der Waals surface area contributed by atoms with Gasteiger partial charge in [0.2, 0.25) is 5.43 Å². The second-order valence-electron chi connectivity index (χ2n) is 7.58. The van der Waals surface area contributed by atoms with Gasteiger partial charge in [0.25, 0.3) is 5.91 Å². The third-order valence-electron chi connectivity index (χ3n) is 4.55. The van der Waals surface area contributed by atoms with Crippen molar-refractivity contribution >= 4 is 11.6 Å². The smallest absolute Gasteiger partial charge is 0.262 e. The lowest BCUT2D eigenvalue weighted by atomic mass is 10.0. The second kappa shape index (κ2) is 9.40. The Labute approximate surface area is 161 Å². The molecule has 1 heterocycles. The molecule has 2 rings (SSSR count). The van der Waals surface area contributed by atoms with Crippen molar-refractivity contribution in [1.29, 1.82) is 0 Å². The molecular weight excluding hydrogens is 340 g/mol. The van der Waals surface area contributed by atoms with E-state index >= 15 is 0 Å². The maximum absolute atomic E-state index is 12.2. The van der Waals surface area contributed by atoms with Crippen molar-refractivity contribution in [3.05, 3.63) is 58.0 Å². The molecule has 0 saturated heterocycles. The Bertz CT molecular complexity index is 820. The summed E-state index contributed by atoms with van der Waals surface area (Å²) in [5, 5.41) is 2.80. The molecule has 0 aliphatic carbocycles. The molecule has 1 amide bonds. The van der Waals surface area contributed by atoms with Crippen molar-refractivity contribution in [3.8, 4) is 5.75 Å². The Morgan fingerprint density at radius 1 is 1.11 bits per heavy atom. The standard InChI is InChI=1S/C22H30N2O3/c1-15(2)10-12-24-13-11-20(25)22(17(24)5)27-14-21(26)23-19-8-6-18(7-9-19)16(3)4/h6-9,11,13,15-16H,10,12,14H2,1-5H3,(H,23,26). The lowest BCUT2D eigenvalue weighted by Gasteiger charge is -2.15. The van der Waals surface area contributed by atoms with Gasteiger partial charge in [-0.2, -0.15) is 0 Å². The van der Waals surface area contributed by atoms with Gasteiger partial charge in [0, 0.05) is 24.5 Å². The molecule has 27 heavy (non-hydrogen) atoms. The first-order valence-electron chi connectivity index (χ1n) is 9.50. The Kier molecular flexibility index (Phi) is 7.22. The van der Waals surface area contributed by atoms with Crippen LogP contribution in [0.1, 0.15) is 51.3 Å². The van der Waals surface area contributed by atoms with E-state index in [1.165, 1.54) is 11.6 Å². The summed E-state index contributed by atoms with van der Waals surface area (Å²) in [6.07, 6.45) is 2.79. The molecule has 1 N–H and O–H groups in total. The van der Waals surface area contributed by atoms with Crippen LogP contribution in [-0.2, 0) is 11.3 Å². The number of hydrogen-bond donors (Lipinski definition) is 1. The number of nitrogens with one attached hydrogen (secondary N) is 1. The average Bonchev–Trinajstić information content (AvgIpc) is 2.61. The van der Waals surface area contributed by atoms with E-state index in [1.54, 1.807) is 6.20 Å². The van der Waals surface area contributed by atoms with Gasteiger partial charge in [-0.3, -0.25) is 9.59 Å². The molecule has 0 unspecified atom stereocenters. The SMILES string of the molecule is Cc1c(OCC(=O)Nc2ccc(C(C)C)cc2)c(=O)ccn1CCC(C)C. The Morgan fingerprint density at radius 2 is 1.78 bits per heavy atom. The highest BCUT2D eigenvalue weighted by molar-refractivity contribution is 5.91. The normalized spacial score (nSPS) is 11.1. The van der Waals surface area contributed by atoms with Crippen LogP contribution in [0.3, 0.4) is 0 Å². The van der Waals surface area contributed by atoms with Crippen molar-refractivity contribution < 1.29 is 9.53 Å². The van der Waals surface area contributed by atoms with Crippen LogP contribution in [0.4, 0.5) is 5.69 Å². The van der Waals surface area contributed by atoms with Crippen molar-refractivity contribution in [2.45, 2.75) is 53.5 Å². The number of amides is 1. The number of aromatic nitrogens is 1. The molecule has 0 saturated carbocycles. The topological polar surface area (TPSA) is 60.3 Å². The highest BCUT2D eigenvalue weighted by Gasteiger charge is 2.12. The lowest BCUT2D eigenvalue weighted by Crippen LogP contribution is -2.23. The predicted octanol–water partition coefficient (Wildman–Crippen LogP) is 4.34. The van der Waals surface area contributed by atoms with Gasteiger partial charge in [0.1, 0.15) is 0 Å². The number of aryl methyl sites for hydroxylation is 1. The molecular formula is C22H30N2O3. The summed E-state index contributed by atoms with van der Waals surface area (Å²) in [5.74, 6) is 0.966. The van der Waals surface area contributed by atoms with Gasteiger partial charge in [-0.25, -0.2) is 0 Å². The van der Waals surface area contributed by atoms with Crippen LogP contribution in [0.15, 0.2) is 41.3 Å². The highest BCUT2D eigenvalue weighted by atomic mass is 16.5. The molecule has 0 bridgehead atoms. The molecule has 0 spiro atoms. The van der Waals surface area contributed by atoms with Crippen LogP contribution in [-0.4, -0.2) is 17.1 Å². The van der Waals surface area contributed by atoms with E-state index < -0.39 is 0 Å². The van der Waals surface area contributed by atoms with E-state index in [-0.39, 0.29) is 23.7 Å². The number of carbonyl (C=O) groups excluding carboxylic acids is 1. The van der Waals surface area contributed by atoms with E-state index in [1.807, 2.05) is 35.8 Å². The summed E-state index contributed by atoms with van der Waals surface area (Å²) < 4.78 is 7.56. The Hall–Kier alpha value is -2.56. The van der Waals surface area contributed by atoms with Gasteiger partial charge < -0.3 is 14.6 Å². The van der Waals surface area contributed by atoms with Crippen LogP contribution < -0.4 is 15.5 Å². The molecule has 0 aliphatic heterocycles. The van der Waals surface area contributed by atoms with E-state index in [4.69, 9.17) is 4.74 Å². The van der Waals surface area contributed by atoms with Gasteiger partial charge in [-0.15, -0.1) is 0 Å². The molecule has 5 nitrogen and oxygen atoms in total. The summed E-state index contributed by atoms with van der Waals surface area (Å²) in [6.45, 7) is 11.0. The van der Waals surface area contributed by atoms with Gasteiger partial charge >= 0.3 is 0 Å². The fourth-order valence-corrected chi connectivity index (χ4v) is 2.76. The fraction of sp³-hybridized carbons (Fsp3) is 0.455. The van der Waals surface area contributed by atoms with E-state index in [0.29, 0.717) is 17.5 Å². The largest absolute Gasteiger partial charge is 0.478 e. The first kappa shape index (κ1) is 20.7. The summed E-state index contributed by atoms with van der Waals surface area (Å²) in [6, 6.07) is 9.23. The van der Waals surface area contributed by atoms with Crippen molar-refractivity contribution in [1.82, 2.24) is 4.57 Å². The fourth-order valence-electron chi connectivity index (χ4n) is 2.76. The van der Waals surface area contributed by atoms with Crippen molar-refractivity contribution in [3.63, 3.8) is 0 Å². The molecule has 1 aromatic heterocycles. The molecule has 0 atom stereocenters. The quantitative estimate of drug-likeness (QED) is 0.752. The number of anilines is 1. The zero-order valence-corrected chi connectivity index (χ0v) is 16.9. The maximum Gasteiger partial charge on any atom is 0.262 e. The number of benzene rings is 1. The second-order valence-corrected chi connectivity index (χ2v) is 7.58. The summed E-state index contributed by atoms with van der Waals surface area (Å²) in [7, 11) is 0. The molecule has 1 aromatic carbocycles. The predicted molar refractivity (Wildman–Crippen MR) is 110 cm³/mol. The Balaban J connectivity index is 1.99. The van der Waals surface area contributed by atoms with E-state index in [9.17, 15) is 9.59 Å². The monoisotopic (exact) mass is 370 g/mol. The van der Waals surface area contributed by atoms with Gasteiger partial charge in [-0.05, 0) is 42.9 Å². The van der Waals surface area contributed by atoms with Gasteiger partial charge in [0.15, 0.2) is 12.4 Å². The van der Waals surface area contributed by atoms with Crippen LogP contribution >= 0.6 is 0 Å². The van der Waals surface area contributed by atoms with E-state index in [2.05, 4.69) is 33.0 Å². The number of nitrogens with zero attached hydrogens (tertiary/aromatic N) is 1. The Morgan fingerprint density at radius 3 is 2.37 bits per heavy atom. The summed E-state index contributed by atoms with van der Waals surface area (Å²) in [4.78, 5) is 24.3. The van der Waals surface area contributed by atoms with Crippen molar-refractivity contribution in [2.75, 3.05) is 11.9 Å². The van der Waals surface area contributed by atoms with Crippen LogP contribution in [0.5, 0.6) is 5.75 Å². The molecule has 0 radical (unpaired) electrons. The van der Waals surface area contributed by atoms with Crippen LogP contribution in [0.25, 0.3) is 0 Å². The zero-order valence-electron chi connectivity index (χ0n) is 16.9. The van der Waals surface area contributed by atoms with Gasteiger partial charge in [-0.1, -0.05) is 39.8 Å². The minimum atomic E-state index is -0.288. The lowest BCUT2D eigenvalue weighted by molar-refractivity contribution is -0.118. The number of ether oxygens (including phenoxy) is 1. The van der Waals surface area contributed by atoms with Crippen LogP contribution in [0, 0.1) is 12.8 Å². The summed E-state index contributed by atoms with van der Waals surface area (Å²) in [5.41, 5.74) is 2.47. The van der Waals surface area contributed by atoms with Gasteiger partial charge in [0.05, 0.1) is 5.69 Å². The highest BCUT2D eigenvalue weighted by Crippen LogP contribution is 2.17. The first-order valence-corrected chi connectivity index (χ1v) is 9.50. The molecule has 2 aromatic rings. The van der Waals surface area contributed by atoms with Crippen LogP contribution in [0.2, 0.25) is 0 Å². The third-order valence-corrected chi connectivity index (χ3v) is 4.55. The molecule has 146 valence electrons. The maximum atomic E-state index is 12.2. The number of hydrogen-bond acceptors (Lipinski definition) is 3. The third kappa shape index (κ3) is 5.98. The van der Waals surface area contributed by atoms with E-state index in [0.717, 1.165) is 18.7 Å². The number of rotatable bonds is 8. The number of pyridine rings is 1. The molecule has 5 heteroatoms. The minimum Gasteiger partial charge on any atom is -0.478 e. The molecule has 0 aliphatic rings. The summed E-state index contributed by atoms with van der Waals surface area (Å²) >= 11 is 0.